The van der Waals surface area contributed by atoms with Gasteiger partial charge in [-0.1, -0.05) is 0 Å². The van der Waals surface area contributed by atoms with E-state index in [1.807, 2.05) is 24.4 Å². The van der Waals surface area contributed by atoms with Crippen LogP contribution in [0.15, 0.2) is 23.7 Å². The molecule has 0 N–H and O–H groups in total. The SMILES string of the molecule is Cc1nc(-c2ccc(C#N)cn2)cs1. The Balaban J connectivity index is 2.39. The number of hydrogen-bond acceptors (Lipinski definition) is 4. The Hall–Kier alpha value is -1.73. The molecule has 14 heavy (non-hydrogen) atoms. The van der Waals surface area contributed by atoms with E-state index >= 15 is 0 Å². The summed E-state index contributed by atoms with van der Waals surface area (Å²) < 4.78 is 0. The van der Waals surface area contributed by atoms with Crippen LogP contribution in [0.4, 0.5) is 0 Å². The van der Waals surface area contributed by atoms with E-state index < -0.39 is 0 Å². The zero-order valence-electron chi connectivity index (χ0n) is 7.56. The molecule has 2 rings (SSSR count). The highest BCUT2D eigenvalue weighted by Crippen LogP contribution is 2.19. The summed E-state index contributed by atoms with van der Waals surface area (Å²) in [5, 5.41) is 11.6. The molecule has 68 valence electrons. The first kappa shape index (κ1) is 8.85. The summed E-state index contributed by atoms with van der Waals surface area (Å²) in [6.45, 7) is 1.96. The Labute approximate surface area is 85.7 Å². The first-order valence-electron chi connectivity index (χ1n) is 4.08. The van der Waals surface area contributed by atoms with Crippen LogP contribution < -0.4 is 0 Å². The van der Waals surface area contributed by atoms with Gasteiger partial charge in [0.05, 0.1) is 22.0 Å². The van der Waals surface area contributed by atoms with Gasteiger partial charge in [-0.15, -0.1) is 11.3 Å². The molecule has 0 spiro atoms. The molecule has 0 radical (unpaired) electrons. The van der Waals surface area contributed by atoms with Crippen molar-refractivity contribution in [3.8, 4) is 17.5 Å². The van der Waals surface area contributed by atoms with Crippen molar-refractivity contribution in [1.29, 1.82) is 5.26 Å². The lowest BCUT2D eigenvalue weighted by Gasteiger charge is -1.94. The maximum Gasteiger partial charge on any atom is 0.101 e. The highest BCUT2D eigenvalue weighted by atomic mass is 32.1. The van der Waals surface area contributed by atoms with Crippen molar-refractivity contribution in [2.45, 2.75) is 6.92 Å². The predicted molar refractivity (Wildman–Crippen MR) is 54.8 cm³/mol. The van der Waals surface area contributed by atoms with E-state index in [2.05, 4.69) is 9.97 Å². The van der Waals surface area contributed by atoms with Crippen LogP contribution in [0, 0.1) is 18.3 Å². The van der Waals surface area contributed by atoms with Crippen molar-refractivity contribution in [2.75, 3.05) is 0 Å². The van der Waals surface area contributed by atoms with E-state index in [0.29, 0.717) is 5.56 Å². The second kappa shape index (κ2) is 3.56. The number of aromatic nitrogens is 2. The third-order valence-corrected chi connectivity index (χ3v) is 2.55. The molecule has 2 heterocycles. The van der Waals surface area contributed by atoms with Crippen molar-refractivity contribution < 1.29 is 0 Å². The van der Waals surface area contributed by atoms with Gasteiger partial charge in [-0.05, 0) is 19.1 Å². The molecule has 4 heteroatoms. The van der Waals surface area contributed by atoms with Gasteiger partial charge >= 0.3 is 0 Å². The zero-order chi connectivity index (χ0) is 9.97. The molecule has 0 aliphatic carbocycles. The van der Waals surface area contributed by atoms with Gasteiger partial charge in [0.1, 0.15) is 6.07 Å². The molecule has 0 aliphatic heterocycles. The molecule has 0 saturated heterocycles. The second-order valence-electron chi connectivity index (χ2n) is 2.80. The van der Waals surface area contributed by atoms with E-state index in [1.165, 1.54) is 0 Å². The van der Waals surface area contributed by atoms with E-state index in [9.17, 15) is 0 Å². The summed E-state index contributed by atoms with van der Waals surface area (Å²) in [6.07, 6.45) is 1.56. The van der Waals surface area contributed by atoms with E-state index in [1.54, 1.807) is 23.6 Å². The van der Waals surface area contributed by atoms with Gasteiger partial charge in [0.25, 0.3) is 0 Å². The normalized spacial score (nSPS) is 9.71. The van der Waals surface area contributed by atoms with Crippen LogP contribution >= 0.6 is 11.3 Å². The molecule has 2 aromatic heterocycles. The Bertz CT molecular complexity index is 479. The molecule has 0 aromatic carbocycles. The first-order valence-corrected chi connectivity index (χ1v) is 4.96. The molecular weight excluding hydrogens is 194 g/mol. The van der Waals surface area contributed by atoms with E-state index in [-0.39, 0.29) is 0 Å². The van der Waals surface area contributed by atoms with Gasteiger partial charge < -0.3 is 0 Å². The molecule has 0 atom stereocenters. The van der Waals surface area contributed by atoms with Crippen molar-refractivity contribution in [2.24, 2.45) is 0 Å². The number of rotatable bonds is 1. The fourth-order valence-electron chi connectivity index (χ4n) is 1.09. The maximum absolute atomic E-state index is 8.60. The van der Waals surface area contributed by atoms with Crippen molar-refractivity contribution in [3.05, 3.63) is 34.3 Å². The summed E-state index contributed by atoms with van der Waals surface area (Å²) in [4.78, 5) is 8.46. The fraction of sp³-hybridized carbons (Fsp3) is 0.100. The Morgan fingerprint density at radius 3 is 2.71 bits per heavy atom. The summed E-state index contributed by atoms with van der Waals surface area (Å²) in [5.74, 6) is 0. The number of nitrogens with zero attached hydrogens (tertiary/aromatic N) is 3. The minimum absolute atomic E-state index is 0.570. The topological polar surface area (TPSA) is 49.6 Å². The molecule has 0 fully saturated rings. The summed E-state index contributed by atoms with van der Waals surface area (Å²) in [6, 6.07) is 5.59. The minimum atomic E-state index is 0.570. The molecule has 0 aliphatic rings. The van der Waals surface area contributed by atoms with Gasteiger partial charge in [0.15, 0.2) is 0 Å². The number of thiazole rings is 1. The monoisotopic (exact) mass is 201 g/mol. The third-order valence-electron chi connectivity index (χ3n) is 1.77. The average molecular weight is 201 g/mol. The molecule has 2 aromatic rings. The lowest BCUT2D eigenvalue weighted by Crippen LogP contribution is -1.84. The fourth-order valence-corrected chi connectivity index (χ4v) is 1.70. The van der Waals surface area contributed by atoms with Crippen LogP contribution in [0.3, 0.4) is 0 Å². The lowest BCUT2D eigenvalue weighted by atomic mass is 10.2. The van der Waals surface area contributed by atoms with Gasteiger partial charge in [0, 0.05) is 11.6 Å². The quantitative estimate of drug-likeness (QED) is 0.711. The zero-order valence-corrected chi connectivity index (χ0v) is 8.38. The highest BCUT2D eigenvalue weighted by molar-refractivity contribution is 7.09. The number of aryl methyl sites for hydroxylation is 1. The van der Waals surface area contributed by atoms with Crippen LogP contribution in [0.1, 0.15) is 10.6 Å². The summed E-state index contributed by atoms with van der Waals surface area (Å²) >= 11 is 1.59. The molecule has 0 bridgehead atoms. The Morgan fingerprint density at radius 1 is 1.36 bits per heavy atom. The lowest BCUT2D eigenvalue weighted by molar-refractivity contribution is 1.23. The Morgan fingerprint density at radius 2 is 2.21 bits per heavy atom. The second-order valence-corrected chi connectivity index (χ2v) is 3.86. The van der Waals surface area contributed by atoms with Gasteiger partial charge in [0.2, 0.25) is 0 Å². The van der Waals surface area contributed by atoms with E-state index in [0.717, 1.165) is 16.4 Å². The summed E-state index contributed by atoms with van der Waals surface area (Å²) in [7, 11) is 0. The van der Waals surface area contributed by atoms with Gasteiger partial charge in [-0.3, -0.25) is 4.98 Å². The minimum Gasteiger partial charge on any atom is -0.253 e. The largest absolute Gasteiger partial charge is 0.253 e. The third kappa shape index (κ3) is 1.63. The van der Waals surface area contributed by atoms with Crippen LogP contribution in [-0.4, -0.2) is 9.97 Å². The molecule has 0 saturated carbocycles. The van der Waals surface area contributed by atoms with Crippen LogP contribution in [0.5, 0.6) is 0 Å². The van der Waals surface area contributed by atoms with Crippen molar-refractivity contribution in [3.63, 3.8) is 0 Å². The standard InChI is InChI=1S/C10H7N3S/c1-7-13-10(6-14-7)9-3-2-8(4-11)5-12-9/h2-3,5-6H,1H3. The molecule has 3 nitrogen and oxygen atoms in total. The smallest absolute Gasteiger partial charge is 0.101 e. The number of nitriles is 1. The van der Waals surface area contributed by atoms with Crippen molar-refractivity contribution in [1.82, 2.24) is 9.97 Å². The molecule has 0 amide bonds. The van der Waals surface area contributed by atoms with Crippen LogP contribution in [-0.2, 0) is 0 Å². The number of pyridine rings is 1. The van der Waals surface area contributed by atoms with Gasteiger partial charge in [-0.2, -0.15) is 5.26 Å². The summed E-state index contributed by atoms with van der Waals surface area (Å²) in [5.41, 5.74) is 2.26. The highest BCUT2D eigenvalue weighted by Gasteiger charge is 2.02. The van der Waals surface area contributed by atoms with Crippen LogP contribution in [0.2, 0.25) is 0 Å². The predicted octanol–water partition coefficient (Wildman–Crippen LogP) is 2.39. The van der Waals surface area contributed by atoms with Gasteiger partial charge in [-0.25, -0.2) is 4.98 Å². The van der Waals surface area contributed by atoms with Crippen LogP contribution in [0.25, 0.3) is 11.4 Å². The first-order chi connectivity index (χ1) is 6.79. The molecule has 0 unspecified atom stereocenters. The average Bonchev–Trinajstić information content (AvgIpc) is 2.65. The number of hydrogen-bond donors (Lipinski definition) is 0. The maximum atomic E-state index is 8.60. The van der Waals surface area contributed by atoms with E-state index in [4.69, 9.17) is 5.26 Å². The van der Waals surface area contributed by atoms with Crippen molar-refractivity contribution >= 4 is 11.3 Å². The Kier molecular flexibility index (Phi) is 2.25. The molecular formula is C10H7N3S.